The van der Waals surface area contributed by atoms with Crippen LogP contribution < -0.4 is 0 Å². The van der Waals surface area contributed by atoms with Crippen LogP contribution in [0.4, 0.5) is 9.59 Å². The lowest BCUT2D eigenvalue weighted by molar-refractivity contribution is 0.0489. The lowest BCUT2D eigenvalue weighted by Crippen LogP contribution is -2.50. The third-order valence-corrected chi connectivity index (χ3v) is 8.44. The minimum Gasteiger partial charge on any atom is -0.443 e. The van der Waals surface area contributed by atoms with Gasteiger partial charge in [0.25, 0.3) is 0 Å². The van der Waals surface area contributed by atoms with Crippen molar-refractivity contribution < 1.29 is 23.8 Å². The molecule has 0 saturated carbocycles. The fourth-order valence-corrected chi connectivity index (χ4v) is 6.61. The van der Waals surface area contributed by atoms with Gasteiger partial charge in [-0.15, -0.1) is 0 Å². The van der Waals surface area contributed by atoms with Gasteiger partial charge in [-0.1, -0.05) is 50.8 Å². The first-order valence-electron chi connectivity index (χ1n) is 12.7. The number of carbonyl (C=O) groups excluding carboxylic acids is 2. The van der Waals surface area contributed by atoms with Crippen LogP contribution in [0.1, 0.15) is 65.1 Å². The van der Waals surface area contributed by atoms with E-state index in [0.717, 1.165) is 41.4 Å². The van der Waals surface area contributed by atoms with E-state index in [-0.39, 0.29) is 23.5 Å². The summed E-state index contributed by atoms with van der Waals surface area (Å²) in [4.78, 5) is 25.7. The minimum absolute atomic E-state index is 0.115. The summed E-state index contributed by atoms with van der Waals surface area (Å²) in [6.07, 6.45) is 7.98. The van der Waals surface area contributed by atoms with E-state index in [0.29, 0.717) is 18.1 Å². The molecule has 3 atom stereocenters. The largest absolute Gasteiger partial charge is 0.513 e. The molecule has 0 saturated heterocycles. The van der Waals surface area contributed by atoms with Crippen LogP contribution in [-0.2, 0) is 26.0 Å². The van der Waals surface area contributed by atoms with Crippen molar-refractivity contribution in [1.82, 2.24) is 4.57 Å². The maximum Gasteiger partial charge on any atom is 0.513 e. The second-order valence-electron chi connectivity index (χ2n) is 11.6. The molecule has 3 aliphatic rings. The molecule has 5 rings (SSSR count). The first kappa shape index (κ1) is 24.4. The van der Waals surface area contributed by atoms with E-state index in [1.54, 1.807) is 0 Å². The monoisotopic (exact) mass is 489 g/mol. The molecule has 36 heavy (non-hydrogen) atoms. The number of aromatic nitrogens is 1. The van der Waals surface area contributed by atoms with Crippen molar-refractivity contribution in [1.29, 1.82) is 0 Å². The van der Waals surface area contributed by atoms with Gasteiger partial charge in [0.2, 0.25) is 0 Å². The number of carbonyl (C=O) groups is 2. The van der Waals surface area contributed by atoms with Crippen LogP contribution in [0.2, 0.25) is 0 Å². The normalized spacial score (nSPS) is 26.8. The highest BCUT2D eigenvalue weighted by Crippen LogP contribution is 2.65. The summed E-state index contributed by atoms with van der Waals surface area (Å²) >= 11 is 0. The summed E-state index contributed by atoms with van der Waals surface area (Å²) in [5, 5.41) is 1.12. The molecule has 1 aromatic carbocycles. The van der Waals surface area contributed by atoms with Gasteiger partial charge in [0.05, 0.1) is 5.52 Å². The molecule has 0 N–H and O–H groups in total. The van der Waals surface area contributed by atoms with Crippen LogP contribution in [-0.4, -0.2) is 29.0 Å². The zero-order valence-electron chi connectivity index (χ0n) is 21.8. The van der Waals surface area contributed by atoms with Crippen LogP contribution in [0.15, 0.2) is 60.4 Å². The lowest BCUT2D eigenvalue weighted by atomic mass is 9.50. The second kappa shape index (κ2) is 8.39. The predicted molar refractivity (Wildman–Crippen MR) is 139 cm³/mol. The number of hydrogen-bond acceptors (Lipinski definition) is 5. The molecular formula is C30H35NO5. The highest BCUT2D eigenvalue weighted by Gasteiger charge is 2.60. The lowest BCUT2D eigenvalue weighted by Gasteiger charge is -2.53. The Bertz CT molecular complexity index is 1320. The average Bonchev–Trinajstić information content (AvgIpc) is 3.30. The van der Waals surface area contributed by atoms with Crippen LogP contribution in [0.5, 0.6) is 0 Å². The van der Waals surface area contributed by atoms with E-state index in [1.807, 2.05) is 49.6 Å². The molecule has 0 amide bonds. The fraction of sp³-hybridized carbons (Fsp3) is 0.467. The zero-order valence-corrected chi connectivity index (χ0v) is 21.8. The van der Waals surface area contributed by atoms with Crippen molar-refractivity contribution in [2.24, 2.45) is 11.3 Å². The summed E-state index contributed by atoms with van der Waals surface area (Å²) in [5.41, 5.74) is 3.22. The molecule has 6 heteroatoms. The Morgan fingerprint density at radius 3 is 2.69 bits per heavy atom. The Morgan fingerprint density at radius 2 is 1.97 bits per heavy atom. The first-order valence-corrected chi connectivity index (χ1v) is 12.7. The number of fused-ring (bicyclic) bond motifs is 7. The number of nitrogens with zero attached hydrogens (tertiary/aromatic N) is 1. The third kappa shape index (κ3) is 3.61. The molecule has 0 spiro atoms. The van der Waals surface area contributed by atoms with E-state index in [4.69, 9.17) is 14.2 Å². The summed E-state index contributed by atoms with van der Waals surface area (Å²) in [7, 11) is 0. The molecule has 1 aromatic heterocycles. The molecule has 6 nitrogen and oxygen atoms in total. The number of allylic oxidation sites excluding steroid dienone is 4. The van der Waals surface area contributed by atoms with Crippen molar-refractivity contribution in [2.45, 2.75) is 71.3 Å². The molecule has 1 heterocycles. The minimum atomic E-state index is -0.710. The summed E-state index contributed by atoms with van der Waals surface area (Å²) < 4.78 is 18.3. The number of rotatable bonds is 3. The van der Waals surface area contributed by atoms with Crippen LogP contribution in [0, 0.1) is 11.3 Å². The summed E-state index contributed by atoms with van der Waals surface area (Å²) in [6.45, 7) is 14.0. The van der Waals surface area contributed by atoms with E-state index in [1.165, 1.54) is 11.6 Å². The van der Waals surface area contributed by atoms with Crippen LogP contribution >= 0.6 is 0 Å². The molecule has 0 bridgehead atoms. The second-order valence-corrected chi connectivity index (χ2v) is 11.6. The molecule has 0 aliphatic heterocycles. The first-order chi connectivity index (χ1) is 17.0. The average molecular weight is 490 g/mol. The summed E-state index contributed by atoms with van der Waals surface area (Å²) in [5.74, 6) is 0.976. The molecule has 2 aromatic rings. The smallest absolute Gasteiger partial charge is 0.443 e. The Morgan fingerprint density at radius 1 is 1.22 bits per heavy atom. The Hall–Kier alpha value is -3.28. The highest BCUT2D eigenvalue weighted by atomic mass is 16.7. The maximum atomic E-state index is 13.7. The van der Waals surface area contributed by atoms with E-state index < -0.39 is 11.8 Å². The van der Waals surface area contributed by atoms with E-state index in [9.17, 15) is 9.59 Å². The fourth-order valence-electron chi connectivity index (χ4n) is 6.61. The van der Waals surface area contributed by atoms with Gasteiger partial charge in [-0.3, -0.25) is 0 Å². The summed E-state index contributed by atoms with van der Waals surface area (Å²) in [6, 6.07) is 8.15. The number of hydrogen-bond donors (Lipinski definition) is 0. The van der Waals surface area contributed by atoms with Gasteiger partial charge in [-0.25, -0.2) is 14.2 Å². The van der Waals surface area contributed by atoms with Gasteiger partial charge in [0, 0.05) is 28.3 Å². The van der Waals surface area contributed by atoms with Gasteiger partial charge in [-0.05, 0) is 69.2 Å². The maximum absolute atomic E-state index is 13.7. The number of benzene rings is 1. The van der Waals surface area contributed by atoms with E-state index in [2.05, 4.69) is 32.6 Å². The van der Waals surface area contributed by atoms with Crippen molar-refractivity contribution in [3.63, 3.8) is 0 Å². The molecule has 0 radical (unpaired) electrons. The van der Waals surface area contributed by atoms with Gasteiger partial charge in [-0.2, -0.15) is 0 Å². The Balaban J connectivity index is 1.60. The highest BCUT2D eigenvalue weighted by molar-refractivity contribution is 5.95. The quantitative estimate of drug-likeness (QED) is 0.337. The van der Waals surface area contributed by atoms with Crippen LogP contribution in [0.25, 0.3) is 10.9 Å². The standard InChI is InChI=1S/C30H35NO5/c1-7-16-34-27(33)35-21-14-15-29(5)19(17-21)12-13-20-18-23-22-10-8-9-11-24(22)31(25(23)30(20,29)6)26(32)36-28(2,3)4/h7-12,17,20H,1,13-16,18H2,2-6H3/t20-,29-,30+/m0/s1. The molecule has 0 unspecified atom stereocenters. The Labute approximate surface area is 212 Å². The molecule has 0 fully saturated rings. The zero-order chi connectivity index (χ0) is 25.9. The number of ether oxygens (including phenoxy) is 3. The van der Waals surface area contributed by atoms with Crippen LogP contribution in [0.3, 0.4) is 0 Å². The third-order valence-electron chi connectivity index (χ3n) is 8.44. The molecule has 3 aliphatic carbocycles. The van der Waals surface area contributed by atoms with E-state index >= 15 is 0 Å². The van der Waals surface area contributed by atoms with Crippen molar-refractivity contribution in [3.05, 3.63) is 71.7 Å². The topological polar surface area (TPSA) is 66.8 Å². The van der Waals surface area contributed by atoms with Gasteiger partial charge in [0.1, 0.15) is 18.0 Å². The SMILES string of the molecule is C=CCOC(=O)OC1=CC2=CC[C@H]3Cc4c(n(C(=O)OC(C)(C)C)c5ccccc45)[C@]3(C)[C@@]2(C)CC1. The Kier molecular flexibility index (Phi) is 5.69. The van der Waals surface area contributed by atoms with Crippen molar-refractivity contribution >= 4 is 23.2 Å². The van der Waals surface area contributed by atoms with Gasteiger partial charge in [0.15, 0.2) is 0 Å². The van der Waals surface area contributed by atoms with Gasteiger partial charge >= 0.3 is 12.2 Å². The van der Waals surface area contributed by atoms with Gasteiger partial charge < -0.3 is 14.2 Å². The molecular weight excluding hydrogens is 454 g/mol. The van der Waals surface area contributed by atoms with Crippen molar-refractivity contribution in [2.75, 3.05) is 6.61 Å². The molecule has 190 valence electrons. The van der Waals surface area contributed by atoms with Crippen molar-refractivity contribution in [3.8, 4) is 0 Å². The predicted octanol–water partition coefficient (Wildman–Crippen LogP) is 7.21. The number of para-hydroxylation sites is 1.